The zero-order valence-corrected chi connectivity index (χ0v) is 15.4. The molecular formula is C24H22N2. The van der Waals surface area contributed by atoms with Crippen molar-refractivity contribution in [2.24, 2.45) is 0 Å². The molecule has 0 amide bonds. The number of para-hydroxylation sites is 1. The molecule has 0 aliphatic rings. The van der Waals surface area contributed by atoms with Gasteiger partial charge in [-0.3, -0.25) is 4.98 Å². The minimum Gasteiger partial charge on any atom is -0.255 e. The molecule has 2 heterocycles. The molecule has 128 valence electrons. The maximum Gasteiger partial charge on any atom is 0.0900 e. The Morgan fingerprint density at radius 2 is 1.46 bits per heavy atom. The molecule has 0 aliphatic carbocycles. The van der Waals surface area contributed by atoms with E-state index < -0.39 is 0 Å². The second kappa shape index (κ2) is 6.38. The van der Waals surface area contributed by atoms with Gasteiger partial charge in [0.05, 0.1) is 16.9 Å². The summed E-state index contributed by atoms with van der Waals surface area (Å²) in [6.07, 6.45) is 1.81. The Hall–Kier alpha value is -3.00. The fourth-order valence-electron chi connectivity index (χ4n) is 3.21. The Bertz CT molecular complexity index is 1040. The zero-order chi connectivity index (χ0) is 18.1. The molecule has 2 aromatic carbocycles. The van der Waals surface area contributed by atoms with Crippen molar-refractivity contribution in [1.29, 1.82) is 0 Å². The summed E-state index contributed by atoms with van der Waals surface area (Å²) in [5.74, 6) is 0. The van der Waals surface area contributed by atoms with Crippen LogP contribution in [0.25, 0.3) is 33.4 Å². The molecular weight excluding hydrogens is 316 g/mol. The van der Waals surface area contributed by atoms with E-state index >= 15 is 0 Å². The average Bonchev–Trinajstić information content (AvgIpc) is 2.67. The molecule has 0 unspecified atom stereocenters. The van der Waals surface area contributed by atoms with E-state index in [1.165, 1.54) is 16.7 Å². The first-order valence-corrected chi connectivity index (χ1v) is 8.94. The van der Waals surface area contributed by atoms with Gasteiger partial charge in [0, 0.05) is 11.6 Å². The fraction of sp³-hybridized carbons (Fsp3) is 0.167. The number of aromatic nitrogens is 2. The van der Waals surface area contributed by atoms with Crippen LogP contribution in [0.3, 0.4) is 0 Å². The third-order valence-corrected chi connectivity index (χ3v) is 4.71. The van der Waals surface area contributed by atoms with Gasteiger partial charge in [-0.1, -0.05) is 69.3 Å². The Kier molecular flexibility index (Phi) is 4.04. The SMILES string of the molecule is CC(C)(C)c1ccc(-c2cc(-c3ccccn3)nc3ccccc23)cc1. The second-order valence-electron chi connectivity index (χ2n) is 7.61. The first-order chi connectivity index (χ1) is 12.5. The number of hydrogen-bond acceptors (Lipinski definition) is 2. The predicted octanol–water partition coefficient (Wildman–Crippen LogP) is 6.26. The number of hydrogen-bond donors (Lipinski definition) is 0. The summed E-state index contributed by atoms with van der Waals surface area (Å²) in [4.78, 5) is 9.30. The molecule has 0 spiro atoms. The monoisotopic (exact) mass is 338 g/mol. The van der Waals surface area contributed by atoms with Crippen LogP contribution in [-0.2, 0) is 5.41 Å². The molecule has 0 bridgehead atoms. The van der Waals surface area contributed by atoms with E-state index in [2.05, 4.69) is 74.3 Å². The van der Waals surface area contributed by atoms with E-state index in [0.717, 1.165) is 22.3 Å². The topological polar surface area (TPSA) is 25.8 Å². The lowest BCUT2D eigenvalue weighted by Gasteiger charge is -2.19. The standard InChI is InChI=1S/C24H22N2/c1-24(2,3)18-13-11-17(12-14-18)20-16-23(22-10-6-7-15-25-22)26-21-9-5-4-8-19(20)21/h4-16H,1-3H3. The molecule has 2 aromatic heterocycles. The Morgan fingerprint density at radius 1 is 0.731 bits per heavy atom. The van der Waals surface area contributed by atoms with Crippen molar-refractivity contribution in [3.8, 4) is 22.5 Å². The van der Waals surface area contributed by atoms with Crippen molar-refractivity contribution in [3.63, 3.8) is 0 Å². The van der Waals surface area contributed by atoms with Gasteiger partial charge in [-0.15, -0.1) is 0 Å². The largest absolute Gasteiger partial charge is 0.255 e. The normalized spacial score (nSPS) is 11.7. The summed E-state index contributed by atoms with van der Waals surface area (Å²) in [5.41, 5.74) is 6.67. The third kappa shape index (κ3) is 3.11. The number of nitrogens with zero attached hydrogens (tertiary/aromatic N) is 2. The maximum atomic E-state index is 4.83. The van der Waals surface area contributed by atoms with Gasteiger partial charge >= 0.3 is 0 Å². The highest BCUT2D eigenvalue weighted by Gasteiger charge is 2.14. The van der Waals surface area contributed by atoms with Gasteiger partial charge in [0.2, 0.25) is 0 Å². The molecule has 0 saturated carbocycles. The highest BCUT2D eigenvalue weighted by molar-refractivity contribution is 5.96. The van der Waals surface area contributed by atoms with E-state index in [4.69, 9.17) is 4.98 Å². The number of pyridine rings is 2. The molecule has 0 aliphatic heterocycles. The Labute approximate surface area is 154 Å². The molecule has 0 fully saturated rings. The smallest absolute Gasteiger partial charge is 0.0900 e. The van der Waals surface area contributed by atoms with Crippen LogP contribution in [0, 0.1) is 0 Å². The maximum absolute atomic E-state index is 4.83. The summed E-state index contributed by atoms with van der Waals surface area (Å²) >= 11 is 0. The Morgan fingerprint density at radius 3 is 2.15 bits per heavy atom. The van der Waals surface area contributed by atoms with Crippen molar-refractivity contribution < 1.29 is 0 Å². The van der Waals surface area contributed by atoms with Gasteiger partial charge in [0.15, 0.2) is 0 Å². The average molecular weight is 338 g/mol. The van der Waals surface area contributed by atoms with E-state index in [-0.39, 0.29) is 5.41 Å². The summed E-state index contributed by atoms with van der Waals surface area (Å²) in [7, 11) is 0. The number of rotatable bonds is 2. The summed E-state index contributed by atoms with van der Waals surface area (Å²) in [6, 6.07) is 25.3. The van der Waals surface area contributed by atoms with E-state index in [9.17, 15) is 0 Å². The molecule has 0 N–H and O–H groups in total. The van der Waals surface area contributed by atoms with Crippen molar-refractivity contribution in [2.75, 3.05) is 0 Å². The van der Waals surface area contributed by atoms with E-state index in [1.807, 2.05) is 30.5 Å². The first-order valence-electron chi connectivity index (χ1n) is 8.94. The van der Waals surface area contributed by atoms with E-state index in [1.54, 1.807) is 0 Å². The van der Waals surface area contributed by atoms with Crippen LogP contribution in [0.1, 0.15) is 26.3 Å². The first kappa shape index (κ1) is 16.5. The van der Waals surface area contributed by atoms with Crippen molar-refractivity contribution in [2.45, 2.75) is 26.2 Å². The van der Waals surface area contributed by atoms with Crippen LogP contribution in [0.4, 0.5) is 0 Å². The van der Waals surface area contributed by atoms with Crippen molar-refractivity contribution in [3.05, 3.63) is 84.6 Å². The van der Waals surface area contributed by atoms with Gasteiger partial charge in [0.25, 0.3) is 0 Å². The molecule has 0 saturated heterocycles. The summed E-state index contributed by atoms with van der Waals surface area (Å²) in [5, 5.41) is 1.16. The van der Waals surface area contributed by atoms with Crippen LogP contribution < -0.4 is 0 Å². The zero-order valence-electron chi connectivity index (χ0n) is 15.4. The number of fused-ring (bicyclic) bond motifs is 1. The predicted molar refractivity (Wildman–Crippen MR) is 109 cm³/mol. The molecule has 2 nitrogen and oxygen atoms in total. The molecule has 4 rings (SSSR count). The molecule has 0 radical (unpaired) electrons. The van der Waals surface area contributed by atoms with Gasteiger partial charge in [-0.25, -0.2) is 4.98 Å². The number of benzene rings is 2. The van der Waals surface area contributed by atoms with Crippen molar-refractivity contribution >= 4 is 10.9 Å². The van der Waals surface area contributed by atoms with Crippen LogP contribution in [0.5, 0.6) is 0 Å². The second-order valence-corrected chi connectivity index (χ2v) is 7.61. The highest BCUT2D eigenvalue weighted by atomic mass is 14.8. The van der Waals surface area contributed by atoms with Crippen LogP contribution >= 0.6 is 0 Å². The molecule has 2 heteroatoms. The van der Waals surface area contributed by atoms with Gasteiger partial charge in [0.1, 0.15) is 0 Å². The third-order valence-electron chi connectivity index (χ3n) is 4.71. The molecule has 4 aromatic rings. The Balaban J connectivity index is 1.91. The molecule has 0 atom stereocenters. The van der Waals surface area contributed by atoms with Crippen LogP contribution in [0.15, 0.2) is 79.0 Å². The quantitative estimate of drug-likeness (QED) is 0.431. The molecule has 26 heavy (non-hydrogen) atoms. The summed E-state index contributed by atoms with van der Waals surface area (Å²) < 4.78 is 0. The van der Waals surface area contributed by atoms with Crippen molar-refractivity contribution in [1.82, 2.24) is 9.97 Å². The van der Waals surface area contributed by atoms with E-state index in [0.29, 0.717) is 0 Å². The minimum atomic E-state index is 0.151. The minimum absolute atomic E-state index is 0.151. The fourth-order valence-corrected chi connectivity index (χ4v) is 3.21. The van der Waals surface area contributed by atoms with Gasteiger partial charge in [-0.2, -0.15) is 0 Å². The van der Waals surface area contributed by atoms with Gasteiger partial charge < -0.3 is 0 Å². The lowest BCUT2D eigenvalue weighted by atomic mass is 9.86. The van der Waals surface area contributed by atoms with Crippen LogP contribution in [0.2, 0.25) is 0 Å². The van der Waals surface area contributed by atoms with Gasteiger partial charge in [-0.05, 0) is 46.4 Å². The lowest BCUT2D eigenvalue weighted by molar-refractivity contribution is 0.590. The summed E-state index contributed by atoms with van der Waals surface area (Å²) in [6.45, 7) is 6.72. The highest BCUT2D eigenvalue weighted by Crippen LogP contribution is 2.33. The van der Waals surface area contributed by atoms with Crippen LogP contribution in [-0.4, -0.2) is 9.97 Å². The lowest BCUT2D eigenvalue weighted by Crippen LogP contribution is -2.10.